The number of phenols is 1. The topological polar surface area (TPSA) is 49.3 Å². The molecule has 0 spiro atoms. The summed E-state index contributed by atoms with van der Waals surface area (Å²) in [5.41, 5.74) is 1.60. The van der Waals surface area contributed by atoms with Gasteiger partial charge in [-0.05, 0) is 54.1 Å². The summed E-state index contributed by atoms with van der Waals surface area (Å²) in [7, 11) is 0. The van der Waals surface area contributed by atoms with Gasteiger partial charge in [-0.25, -0.2) is 0 Å². The van der Waals surface area contributed by atoms with Crippen molar-refractivity contribution in [1.82, 2.24) is 0 Å². The second kappa shape index (κ2) is 20.8. The van der Waals surface area contributed by atoms with Crippen LogP contribution < -0.4 is 5.32 Å². The number of benzene rings is 2. The Bertz CT molecular complexity index is 895. The van der Waals surface area contributed by atoms with Crippen molar-refractivity contribution >= 4 is 29.4 Å². The fraction of sp³-hybridized carbons (Fsp3) is 0.545. The van der Waals surface area contributed by atoms with Crippen LogP contribution in [-0.2, 0) is 4.79 Å². The van der Waals surface area contributed by atoms with Gasteiger partial charge in [-0.1, -0.05) is 121 Å². The number of carbonyl (C=O) groups excluding carboxylic acids is 1. The van der Waals surface area contributed by atoms with Crippen molar-refractivity contribution in [3.63, 3.8) is 0 Å². The first-order chi connectivity index (χ1) is 18.2. The van der Waals surface area contributed by atoms with E-state index in [0.29, 0.717) is 0 Å². The summed E-state index contributed by atoms with van der Waals surface area (Å²) >= 11 is 1.86. The number of hydrogen-bond donors (Lipinski definition) is 2. The number of aromatic hydroxyl groups is 1. The smallest absolute Gasteiger partial charge is 0.248 e. The lowest BCUT2D eigenvalue weighted by molar-refractivity contribution is -0.111. The average molecular weight is 524 g/mol. The van der Waals surface area contributed by atoms with Gasteiger partial charge >= 0.3 is 0 Å². The molecule has 2 N–H and O–H groups in total. The highest BCUT2D eigenvalue weighted by Crippen LogP contribution is 2.23. The molecule has 0 aliphatic rings. The number of phenolic OH excluding ortho intramolecular Hbond substituents is 1. The van der Waals surface area contributed by atoms with Crippen LogP contribution in [0.5, 0.6) is 5.75 Å². The Kier molecular flexibility index (Phi) is 17.4. The Hall–Kier alpha value is -2.20. The minimum Gasteiger partial charge on any atom is -0.508 e. The fourth-order valence-corrected chi connectivity index (χ4v) is 5.46. The molecule has 204 valence electrons. The van der Waals surface area contributed by atoms with E-state index in [2.05, 4.69) is 18.3 Å². The molecule has 2 rings (SSSR count). The maximum atomic E-state index is 12.2. The van der Waals surface area contributed by atoms with Crippen LogP contribution in [0.4, 0.5) is 5.69 Å². The van der Waals surface area contributed by atoms with E-state index in [1.54, 1.807) is 24.3 Å². The van der Waals surface area contributed by atoms with Crippen molar-refractivity contribution in [2.45, 2.75) is 115 Å². The van der Waals surface area contributed by atoms with Gasteiger partial charge in [0, 0.05) is 16.7 Å². The van der Waals surface area contributed by atoms with E-state index < -0.39 is 0 Å². The predicted molar refractivity (Wildman–Crippen MR) is 162 cm³/mol. The average Bonchev–Trinajstić information content (AvgIpc) is 2.89. The maximum Gasteiger partial charge on any atom is 0.248 e. The normalized spacial score (nSPS) is 11.3. The van der Waals surface area contributed by atoms with Gasteiger partial charge in [0.1, 0.15) is 5.75 Å². The molecule has 37 heavy (non-hydrogen) atoms. The maximum absolute atomic E-state index is 12.2. The summed E-state index contributed by atoms with van der Waals surface area (Å²) in [6.07, 6.45) is 25.5. The summed E-state index contributed by atoms with van der Waals surface area (Å²) in [6, 6.07) is 14.9. The molecule has 0 unspecified atom stereocenters. The fourth-order valence-electron chi connectivity index (χ4n) is 4.49. The molecule has 0 aliphatic heterocycles. The van der Waals surface area contributed by atoms with Gasteiger partial charge in [0.05, 0.1) is 0 Å². The van der Waals surface area contributed by atoms with Crippen molar-refractivity contribution < 1.29 is 9.90 Å². The number of amides is 1. The number of anilines is 1. The van der Waals surface area contributed by atoms with Crippen molar-refractivity contribution in [3.8, 4) is 5.75 Å². The summed E-state index contributed by atoms with van der Waals surface area (Å²) in [5.74, 6) is 1.13. The van der Waals surface area contributed by atoms with Crippen molar-refractivity contribution in [2.24, 2.45) is 0 Å². The third kappa shape index (κ3) is 16.3. The monoisotopic (exact) mass is 523 g/mol. The second-order valence-corrected chi connectivity index (χ2v) is 11.3. The zero-order valence-electron chi connectivity index (χ0n) is 23.1. The lowest BCUT2D eigenvalue weighted by atomic mass is 10.0. The van der Waals surface area contributed by atoms with Crippen molar-refractivity contribution in [2.75, 3.05) is 11.1 Å². The molecule has 0 saturated carbocycles. The highest BCUT2D eigenvalue weighted by Gasteiger charge is 2.01. The van der Waals surface area contributed by atoms with Crippen molar-refractivity contribution in [3.05, 3.63) is 60.2 Å². The van der Waals surface area contributed by atoms with E-state index in [0.717, 1.165) is 17.0 Å². The third-order valence-corrected chi connectivity index (χ3v) is 7.75. The first kappa shape index (κ1) is 31.0. The first-order valence-electron chi connectivity index (χ1n) is 14.7. The number of hydrogen-bond acceptors (Lipinski definition) is 3. The molecule has 0 bridgehead atoms. The molecule has 0 atom stereocenters. The van der Waals surface area contributed by atoms with Crippen LogP contribution in [0.2, 0.25) is 0 Å². The molecule has 1 amide bonds. The Morgan fingerprint density at radius 2 is 1.32 bits per heavy atom. The molecule has 3 nitrogen and oxygen atoms in total. The minimum absolute atomic E-state index is 0.178. The summed E-state index contributed by atoms with van der Waals surface area (Å²) in [5, 5.41) is 12.4. The van der Waals surface area contributed by atoms with Gasteiger partial charge in [0.25, 0.3) is 0 Å². The number of unbranched alkanes of at least 4 members (excludes halogenated alkanes) is 15. The molecular weight excluding hydrogens is 474 g/mol. The Morgan fingerprint density at radius 1 is 0.757 bits per heavy atom. The molecule has 4 heteroatoms. The van der Waals surface area contributed by atoms with Crippen LogP contribution >= 0.6 is 11.8 Å². The van der Waals surface area contributed by atoms with E-state index in [9.17, 15) is 9.90 Å². The van der Waals surface area contributed by atoms with Crippen LogP contribution in [-0.4, -0.2) is 16.8 Å². The summed E-state index contributed by atoms with van der Waals surface area (Å²) < 4.78 is 0. The third-order valence-electron chi connectivity index (χ3n) is 6.67. The molecule has 0 aliphatic carbocycles. The van der Waals surface area contributed by atoms with Crippen LogP contribution in [0.1, 0.15) is 115 Å². The van der Waals surface area contributed by atoms with Gasteiger partial charge in [0.2, 0.25) is 5.91 Å². The standard InChI is InChI=1S/C33H49NO2S/c1-2-3-4-5-6-7-8-9-10-11-12-13-14-15-16-17-26-37-32-23-19-21-30(28-32)34-33(36)25-24-29-20-18-22-31(35)27-29/h18-25,27-28,35H,2-17,26H2,1H3,(H,34,36)/b25-24+. The van der Waals surface area contributed by atoms with Gasteiger partial charge < -0.3 is 10.4 Å². The lowest BCUT2D eigenvalue weighted by Gasteiger charge is -2.06. The number of thioether (sulfide) groups is 1. The van der Waals surface area contributed by atoms with E-state index >= 15 is 0 Å². The molecule has 2 aromatic carbocycles. The highest BCUT2D eigenvalue weighted by atomic mass is 32.2. The first-order valence-corrected chi connectivity index (χ1v) is 15.7. The molecule has 0 radical (unpaired) electrons. The zero-order chi connectivity index (χ0) is 26.4. The number of carbonyl (C=O) groups is 1. The summed E-state index contributed by atoms with van der Waals surface area (Å²) in [4.78, 5) is 13.4. The van der Waals surface area contributed by atoms with Crippen LogP contribution in [0.15, 0.2) is 59.5 Å². The lowest BCUT2D eigenvalue weighted by Crippen LogP contribution is -2.07. The minimum atomic E-state index is -0.178. The SMILES string of the molecule is CCCCCCCCCCCCCCCCCCSc1cccc(NC(=O)/C=C/c2cccc(O)c2)c1. The predicted octanol–water partition coefficient (Wildman–Crippen LogP) is 10.4. The van der Waals surface area contributed by atoms with Gasteiger partial charge in [-0.3, -0.25) is 4.79 Å². The van der Waals surface area contributed by atoms with E-state index in [1.807, 2.05) is 36.0 Å². The number of rotatable bonds is 21. The number of nitrogens with one attached hydrogen (secondary N) is 1. The van der Waals surface area contributed by atoms with Crippen LogP contribution in [0, 0.1) is 0 Å². The van der Waals surface area contributed by atoms with E-state index in [-0.39, 0.29) is 11.7 Å². The van der Waals surface area contributed by atoms with Crippen molar-refractivity contribution in [1.29, 1.82) is 0 Å². The van der Waals surface area contributed by atoms with E-state index in [1.165, 1.54) is 114 Å². The van der Waals surface area contributed by atoms with Crippen LogP contribution in [0.3, 0.4) is 0 Å². The Balaban J connectivity index is 1.45. The molecule has 0 aromatic heterocycles. The van der Waals surface area contributed by atoms with E-state index in [4.69, 9.17) is 0 Å². The molecule has 0 saturated heterocycles. The Labute approximate surface area is 230 Å². The molecule has 0 heterocycles. The molecule has 2 aromatic rings. The largest absolute Gasteiger partial charge is 0.508 e. The molecule has 0 fully saturated rings. The van der Waals surface area contributed by atoms with Crippen LogP contribution in [0.25, 0.3) is 6.08 Å². The van der Waals surface area contributed by atoms with Gasteiger partial charge in [-0.2, -0.15) is 0 Å². The molecular formula is C33H49NO2S. The quantitative estimate of drug-likeness (QED) is 0.0971. The second-order valence-electron chi connectivity index (χ2n) is 10.1. The Morgan fingerprint density at radius 3 is 1.92 bits per heavy atom. The van der Waals surface area contributed by atoms with Gasteiger partial charge in [-0.15, -0.1) is 11.8 Å². The van der Waals surface area contributed by atoms with Gasteiger partial charge in [0.15, 0.2) is 0 Å². The zero-order valence-corrected chi connectivity index (χ0v) is 23.9. The summed E-state index contributed by atoms with van der Waals surface area (Å²) in [6.45, 7) is 2.29. The highest BCUT2D eigenvalue weighted by molar-refractivity contribution is 7.99.